The van der Waals surface area contributed by atoms with Gasteiger partial charge in [-0.15, -0.1) is 0 Å². The molecule has 6 nitrogen and oxygen atoms in total. The molecule has 0 spiro atoms. The van der Waals surface area contributed by atoms with Gasteiger partial charge in [0.1, 0.15) is 0 Å². The van der Waals surface area contributed by atoms with Crippen molar-refractivity contribution < 1.29 is 18.3 Å². The first-order valence-corrected chi connectivity index (χ1v) is 7.25. The molecule has 0 unspecified atom stereocenters. The average Bonchev–Trinajstić information content (AvgIpc) is 2.24. The largest absolute Gasteiger partial charge is 0.396 e. The van der Waals surface area contributed by atoms with E-state index in [1.807, 2.05) is 13.8 Å². The van der Waals surface area contributed by atoms with Gasteiger partial charge in [0.2, 0.25) is 0 Å². The minimum atomic E-state index is -3.42. The molecule has 7 heteroatoms. The van der Waals surface area contributed by atoms with Crippen molar-refractivity contribution in [3.63, 3.8) is 0 Å². The molecule has 1 aliphatic rings. The molecule has 2 atom stereocenters. The van der Waals surface area contributed by atoms with Gasteiger partial charge in [-0.2, -0.15) is 17.0 Å². The predicted molar refractivity (Wildman–Crippen MR) is 64.8 cm³/mol. The molecule has 17 heavy (non-hydrogen) atoms. The zero-order valence-corrected chi connectivity index (χ0v) is 11.5. The van der Waals surface area contributed by atoms with Gasteiger partial charge in [-0.05, 0) is 20.3 Å². The van der Waals surface area contributed by atoms with E-state index in [4.69, 9.17) is 9.84 Å². The minimum Gasteiger partial charge on any atom is -0.396 e. The molecule has 0 amide bonds. The van der Waals surface area contributed by atoms with Crippen LogP contribution in [0.3, 0.4) is 0 Å². The lowest BCUT2D eigenvalue weighted by molar-refractivity contribution is -0.0453. The summed E-state index contributed by atoms with van der Waals surface area (Å²) in [7, 11) is -1.89. The average molecular weight is 266 g/mol. The molecule has 0 aromatic carbocycles. The van der Waals surface area contributed by atoms with Gasteiger partial charge in [0.25, 0.3) is 10.2 Å². The third-order valence-electron chi connectivity index (χ3n) is 2.74. The summed E-state index contributed by atoms with van der Waals surface area (Å²) < 4.78 is 32.6. The van der Waals surface area contributed by atoms with E-state index in [1.165, 1.54) is 15.7 Å². The van der Waals surface area contributed by atoms with Crippen LogP contribution in [0.2, 0.25) is 0 Å². The smallest absolute Gasteiger partial charge is 0.281 e. The van der Waals surface area contributed by atoms with Gasteiger partial charge in [-0.25, -0.2) is 0 Å². The van der Waals surface area contributed by atoms with Crippen molar-refractivity contribution in [2.45, 2.75) is 32.5 Å². The second-order valence-electron chi connectivity index (χ2n) is 4.48. The van der Waals surface area contributed by atoms with E-state index in [-0.39, 0.29) is 18.8 Å². The highest BCUT2D eigenvalue weighted by atomic mass is 32.2. The summed E-state index contributed by atoms with van der Waals surface area (Å²) in [5, 5.41) is 8.72. The lowest BCUT2D eigenvalue weighted by Gasteiger charge is -2.36. The van der Waals surface area contributed by atoms with Crippen LogP contribution >= 0.6 is 0 Å². The molecule has 1 rings (SSSR count). The van der Waals surface area contributed by atoms with Crippen LogP contribution < -0.4 is 0 Å². The molecule has 0 aromatic rings. The van der Waals surface area contributed by atoms with Gasteiger partial charge < -0.3 is 9.84 Å². The number of aliphatic hydroxyl groups is 1. The molecule has 0 aromatic heterocycles. The third kappa shape index (κ3) is 3.89. The van der Waals surface area contributed by atoms with E-state index in [0.29, 0.717) is 26.1 Å². The maximum atomic E-state index is 12.2. The van der Waals surface area contributed by atoms with E-state index >= 15 is 0 Å². The summed E-state index contributed by atoms with van der Waals surface area (Å²) in [4.78, 5) is 0. The van der Waals surface area contributed by atoms with E-state index in [9.17, 15) is 8.42 Å². The highest BCUT2D eigenvalue weighted by Crippen LogP contribution is 2.16. The zero-order valence-electron chi connectivity index (χ0n) is 10.7. The lowest BCUT2D eigenvalue weighted by Crippen LogP contribution is -2.52. The highest BCUT2D eigenvalue weighted by molar-refractivity contribution is 7.86. The first-order chi connectivity index (χ1) is 7.87. The van der Waals surface area contributed by atoms with Gasteiger partial charge in [-0.3, -0.25) is 0 Å². The van der Waals surface area contributed by atoms with E-state index < -0.39 is 10.2 Å². The van der Waals surface area contributed by atoms with Crippen LogP contribution in [0.15, 0.2) is 0 Å². The first kappa shape index (κ1) is 14.8. The van der Waals surface area contributed by atoms with Gasteiger partial charge in [0, 0.05) is 33.3 Å². The van der Waals surface area contributed by atoms with E-state index in [2.05, 4.69) is 0 Å². The van der Waals surface area contributed by atoms with Crippen molar-refractivity contribution in [3.8, 4) is 0 Å². The van der Waals surface area contributed by atoms with Crippen LogP contribution in [0, 0.1) is 0 Å². The summed E-state index contributed by atoms with van der Waals surface area (Å²) in [6, 6.07) is 0. The molecule has 1 aliphatic heterocycles. The Hall–Kier alpha value is -0.210. The van der Waals surface area contributed by atoms with Crippen LogP contribution in [0.25, 0.3) is 0 Å². The number of rotatable bonds is 5. The van der Waals surface area contributed by atoms with Gasteiger partial charge in [-0.1, -0.05) is 0 Å². The number of aliphatic hydroxyl groups excluding tert-OH is 1. The maximum Gasteiger partial charge on any atom is 0.281 e. The first-order valence-electron chi connectivity index (χ1n) is 5.85. The van der Waals surface area contributed by atoms with Crippen LogP contribution in [-0.2, 0) is 14.9 Å². The van der Waals surface area contributed by atoms with Crippen molar-refractivity contribution in [3.05, 3.63) is 0 Å². The molecule has 102 valence electrons. The number of hydrogen-bond acceptors (Lipinski definition) is 4. The lowest BCUT2D eigenvalue weighted by atomic mass is 10.3. The quantitative estimate of drug-likeness (QED) is 0.739. The second-order valence-corrected chi connectivity index (χ2v) is 6.52. The van der Waals surface area contributed by atoms with Crippen LogP contribution in [0.1, 0.15) is 20.3 Å². The van der Waals surface area contributed by atoms with Gasteiger partial charge in [0.15, 0.2) is 0 Å². The molecule has 1 saturated heterocycles. The Balaban J connectivity index is 2.68. The Kier molecular flexibility index (Phi) is 5.33. The number of nitrogens with zero attached hydrogens (tertiary/aromatic N) is 2. The molecular weight excluding hydrogens is 244 g/mol. The second kappa shape index (κ2) is 6.10. The summed E-state index contributed by atoms with van der Waals surface area (Å²) in [5.41, 5.74) is 0. The van der Waals surface area contributed by atoms with Crippen LogP contribution in [0.5, 0.6) is 0 Å². The molecule has 0 aliphatic carbocycles. The Bertz CT molecular complexity index is 323. The Morgan fingerprint density at radius 2 is 1.88 bits per heavy atom. The molecular formula is C10H22N2O4S. The third-order valence-corrected chi connectivity index (χ3v) is 4.66. The van der Waals surface area contributed by atoms with Crippen molar-refractivity contribution in [2.24, 2.45) is 0 Å². The van der Waals surface area contributed by atoms with Gasteiger partial charge >= 0.3 is 0 Å². The Labute approximate surface area is 103 Å². The number of morpholine rings is 1. The van der Waals surface area contributed by atoms with Crippen molar-refractivity contribution in [2.75, 3.05) is 33.3 Å². The van der Waals surface area contributed by atoms with E-state index in [0.717, 1.165) is 0 Å². The normalized spacial score (nSPS) is 27.6. The zero-order chi connectivity index (χ0) is 13.1. The summed E-state index contributed by atoms with van der Waals surface area (Å²) in [6.07, 6.45) is 0.282. The van der Waals surface area contributed by atoms with Crippen molar-refractivity contribution >= 4 is 10.2 Å². The fourth-order valence-corrected chi connectivity index (χ4v) is 3.48. The van der Waals surface area contributed by atoms with E-state index in [1.54, 1.807) is 0 Å². The maximum absolute atomic E-state index is 12.2. The topological polar surface area (TPSA) is 70.1 Å². The van der Waals surface area contributed by atoms with Crippen LogP contribution in [-0.4, -0.2) is 67.6 Å². The molecule has 0 saturated carbocycles. The monoisotopic (exact) mass is 266 g/mol. The highest BCUT2D eigenvalue weighted by Gasteiger charge is 2.33. The number of hydrogen-bond donors (Lipinski definition) is 1. The fourth-order valence-electron chi connectivity index (χ4n) is 1.92. The fraction of sp³-hybridized carbons (Fsp3) is 1.00. The van der Waals surface area contributed by atoms with Crippen molar-refractivity contribution in [1.29, 1.82) is 0 Å². The van der Waals surface area contributed by atoms with Crippen LogP contribution in [0.4, 0.5) is 0 Å². The SMILES string of the molecule is C[C@@H]1CN(S(=O)(=O)N(C)CCCO)C[C@H](C)O1. The van der Waals surface area contributed by atoms with Gasteiger partial charge in [0.05, 0.1) is 12.2 Å². The summed E-state index contributed by atoms with van der Waals surface area (Å²) in [5.74, 6) is 0. The molecule has 1 N–H and O–H groups in total. The minimum absolute atomic E-state index is 0.00419. The Morgan fingerprint density at radius 3 is 2.35 bits per heavy atom. The molecule has 0 bridgehead atoms. The summed E-state index contributed by atoms with van der Waals surface area (Å²) in [6.45, 7) is 4.83. The molecule has 1 heterocycles. The number of ether oxygens (including phenoxy) is 1. The molecule has 0 radical (unpaired) electrons. The Morgan fingerprint density at radius 1 is 1.35 bits per heavy atom. The van der Waals surface area contributed by atoms with Crippen molar-refractivity contribution in [1.82, 2.24) is 8.61 Å². The summed E-state index contributed by atoms with van der Waals surface area (Å²) >= 11 is 0. The molecule has 1 fully saturated rings. The standard InChI is InChI=1S/C10H22N2O4S/c1-9-7-12(8-10(2)16-9)17(14,15)11(3)5-4-6-13/h9-10,13H,4-8H2,1-3H3/t9-,10+. The predicted octanol–water partition coefficient (Wildman–Crippen LogP) is -0.345.